The molecule has 1 aromatic carbocycles. The number of hydrogen-bond donors (Lipinski definition) is 3. The third kappa shape index (κ3) is 2.91. The van der Waals surface area contributed by atoms with Crippen LogP contribution in [-0.2, 0) is 4.74 Å². The summed E-state index contributed by atoms with van der Waals surface area (Å²) < 4.78 is 7.64. The van der Waals surface area contributed by atoms with Crippen molar-refractivity contribution >= 4 is 22.6 Å². The standard InChI is InChI=1S/C20H22ClN3O4/c1-10-8-12(4-5-14(10)21)15(25)17-20(3,27)16(26)19(28-17)24-7-6-13-11(2)22-9-23-18(13)24/h4-9,15-17,19,25-27H,1-3H3/t15?,16-,17+,19+,20-/m0/s1. The quantitative estimate of drug-likeness (QED) is 0.621. The summed E-state index contributed by atoms with van der Waals surface area (Å²) in [6.45, 7) is 5.16. The molecule has 3 heterocycles. The Hall–Kier alpha value is -2.03. The van der Waals surface area contributed by atoms with Crippen molar-refractivity contribution in [3.63, 3.8) is 0 Å². The van der Waals surface area contributed by atoms with Gasteiger partial charge in [0.15, 0.2) is 6.23 Å². The largest absolute Gasteiger partial charge is 0.386 e. The van der Waals surface area contributed by atoms with Crippen LogP contribution in [0.5, 0.6) is 0 Å². The molecule has 1 aliphatic heterocycles. The van der Waals surface area contributed by atoms with Crippen molar-refractivity contribution in [3.8, 4) is 0 Å². The van der Waals surface area contributed by atoms with E-state index in [1.807, 2.05) is 19.9 Å². The Morgan fingerprint density at radius 3 is 2.71 bits per heavy atom. The molecule has 7 nitrogen and oxygen atoms in total. The molecule has 2 aromatic heterocycles. The fraction of sp³-hybridized carbons (Fsp3) is 0.400. The lowest BCUT2D eigenvalue weighted by Gasteiger charge is -2.30. The Balaban J connectivity index is 1.71. The molecule has 1 saturated heterocycles. The second kappa shape index (κ2) is 6.79. The van der Waals surface area contributed by atoms with Crippen LogP contribution in [0.25, 0.3) is 11.0 Å². The Labute approximate surface area is 167 Å². The molecule has 8 heteroatoms. The van der Waals surface area contributed by atoms with Crippen molar-refractivity contribution in [2.24, 2.45) is 0 Å². The predicted octanol–water partition coefficient (Wildman–Crippen LogP) is 2.44. The molecular formula is C20H22ClN3O4. The number of aliphatic hydroxyl groups is 3. The molecule has 4 rings (SSSR count). The summed E-state index contributed by atoms with van der Waals surface area (Å²) in [7, 11) is 0. The van der Waals surface area contributed by atoms with Crippen molar-refractivity contribution in [1.82, 2.24) is 14.5 Å². The van der Waals surface area contributed by atoms with Gasteiger partial charge < -0.3 is 24.6 Å². The zero-order chi connectivity index (χ0) is 20.2. The first-order valence-corrected chi connectivity index (χ1v) is 9.37. The number of rotatable bonds is 3. The molecule has 148 valence electrons. The Kier molecular flexibility index (Phi) is 4.68. The lowest BCUT2D eigenvalue weighted by molar-refractivity contribution is -0.115. The van der Waals surface area contributed by atoms with Crippen LogP contribution in [-0.4, -0.2) is 47.7 Å². The van der Waals surface area contributed by atoms with Crippen LogP contribution >= 0.6 is 11.6 Å². The summed E-state index contributed by atoms with van der Waals surface area (Å²) in [5.41, 5.74) is 1.06. The molecule has 5 atom stereocenters. The second-order valence-electron chi connectivity index (χ2n) is 7.49. The minimum atomic E-state index is -1.68. The van der Waals surface area contributed by atoms with Gasteiger partial charge in [0.2, 0.25) is 0 Å². The van der Waals surface area contributed by atoms with E-state index in [9.17, 15) is 15.3 Å². The van der Waals surface area contributed by atoms with Gasteiger partial charge in [-0.1, -0.05) is 23.7 Å². The van der Waals surface area contributed by atoms with Gasteiger partial charge in [0, 0.05) is 16.6 Å². The maximum absolute atomic E-state index is 11.0. The maximum Gasteiger partial charge on any atom is 0.164 e. The van der Waals surface area contributed by atoms with E-state index in [4.69, 9.17) is 16.3 Å². The first kappa shape index (κ1) is 19.3. The van der Waals surface area contributed by atoms with Gasteiger partial charge in [-0.05, 0) is 44.0 Å². The number of ether oxygens (including phenoxy) is 1. The molecule has 1 unspecified atom stereocenters. The molecule has 1 aliphatic rings. The highest BCUT2D eigenvalue weighted by atomic mass is 35.5. The monoisotopic (exact) mass is 403 g/mol. The number of aryl methyl sites for hydroxylation is 2. The van der Waals surface area contributed by atoms with Crippen molar-refractivity contribution < 1.29 is 20.1 Å². The molecule has 3 aromatic rings. The van der Waals surface area contributed by atoms with Crippen LogP contribution in [0, 0.1) is 13.8 Å². The molecule has 0 bridgehead atoms. The van der Waals surface area contributed by atoms with Crippen LogP contribution in [0.4, 0.5) is 0 Å². The number of hydrogen-bond acceptors (Lipinski definition) is 6. The molecular weight excluding hydrogens is 382 g/mol. The number of fused-ring (bicyclic) bond motifs is 1. The summed E-state index contributed by atoms with van der Waals surface area (Å²) in [5.74, 6) is 0. The number of benzene rings is 1. The zero-order valence-electron chi connectivity index (χ0n) is 15.7. The smallest absolute Gasteiger partial charge is 0.164 e. The van der Waals surface area contributed by atoms with E-state index in [0.29, 0.717) is 16.2 Å². The predicted molar refractivity (Wildman–Crippen MR) is 104 cm³/mol. The Bertz CT molecular complexity index is 1040. The third-order valence-corrected chi connectivity index (χ3v) is 5.95. The van der Waals surface area contributed by atoms with Crippen LogP contribution in [0.3, 0.4) is 0 Å². The molecule has 0 amide bonds. The number of halogens is 1. The highest BCUT2D eigenvalue weighted by Gasteiger charge is 2.55. The van der Waals surface area contributed by atoms with Crippen molar-refractivity contribution in [3.05, 3.63) is 58.6 Å². The summed E-state index contributed by atoms with van der Waals surface area (Å²) in [6.07, 6.45) is -1.20. The average Bonchev–Trinajstić information content (AvgIpc) is 3.17. The van der Waals surface area contributed by atoms with Crippen LogP contribution in [0.15, 0.2) is 36.8 Å². The van der Waals surface area contributed by atoms with Gasteiger partial charge >= 0.3 is 0 Å². The van der Waals surface area contributed by atoms with E-state index in [0.717, 1.165) is 16.6 Å². The molecule has 0 saturated carbocycles. The number of aromatic nitrogens is 3. The minimum absolute atomic E-state index is 0.551. The second-order valence-corrected chi connectivity index (χ2v) is 7.90. The Morgan fingerprint density at radius 1 is 1.25 bits per heavy atom. The Morgan fingerprint density at radius 2 is 2.00 bits per heavy atom. The van der Waals surface area contributed by atoms with Crippen LogP contribution < -0.4 is 0 Å². The SMILES string of the molecule is Cc1cc(C(O)[C@H]2O[C@@H](n3ccc4c(C)ncnc43)[C@H](O)[C@]2(C)O)ccc1Cl. The highest BCUT2D eigenvalue weighted by Crippen LogP contribution is 2.43. The van der Waals surface area contributed by atoms with Gasteiger partial charge in [-0.25, -0.2) is 9.97 Å². The van der Waals surface area contributed by atoms with E-state index in [-0.39, 0.29) is 0 Å². The first-order chi connectivity index (χ1) is 13.2. The van der Waals surface area contributed by atoms with Crippen molar-refractivity contribution in [2.45, 2.75) is 50.9 Å². The highest BCUT2D eigenvalue weighted by molar-refractivity contribution is 6.31. The topological polar surface area (TPSA) is 101 Å². The van der Waals surface area contributed by atoms with E-state index >= 15 is 0 Å². The van der Waals surface area contributed by atoms with Gasteiger partial charge in [0.05, 0.1) is 5.69 Å². The average molecular weight is 404 g/mol. The van der Waals surface area contributed by atoms with Gasteiger partial charge in [-0.15, -0.1) is 0 Å². The molecule has 0 spiro atoms. The summed E-state index contributed by atoms with van der Waals surface area (Å²) in [5, 5.41) is 34.1. The van der Waals surface area contributed by atoms with E-state index < -0.39 is 30.1 Å². The fourth-order valence-electron chi connectivity index (χ4n) is 3.76. The van der Waals surface area contributed by atoms with Gasteiger partial charge in [0.25, 0.3) is 0 Å². The fourth-order valence-corrected chi connectivity index (χ4v) is 3.88. The summed E-state index contributed by atoms with van der Waals surface area (Å²) in [4.78, 5) is 8.45. The number of nitrogens with zero attached hydrogens (tertiary/aromatic N) is 3. The first-order valence-electron chi connectivity index (χ1n) is 9.00. The van der Waals surface area contributed by atoms with Crippen molar-refractivity contribution in [2.75, 3.05) is 0 Å². The molecule has 0 aliphatic carbocycles. The molecule has 3 N–H and O–H groups in total. The third-order valence-electron chi connectivity index (χ3n) is 5.52. The molecule has 0 radical (unpaired) electrons. The summed E-state index contributed by atoms with van der Waals surface area (Å²) in [6, 6.07) is 6.95. The molecule has 28 heavy (non-hydrogen) atoms. The van der Waals surface area contributed by atoms with E-state index in [1.165, 1.54) is 13.3 Å². The minimum Gasteiger partial charge on any atom is -0.386 e. The summed E-state index contributed by atoms with van der Waals surface area (Å²) >= 11 is 6.07. The van der Waals surface area contributed by atoms with Gasteiger partial charge in [0.1, 0.15) is 35.9 Å². The van der Waals surface area contributed by atoms with E-state index in [2.05, 4.69) is 9.97 Å². The van der Waals surface area contributed by atoms with Gasteiger partial charge in [-0.3, -0.25) is 0 Å². The lowest BCUT2D eigenvalue weighted by atomic mass is 9.88. The maximum atomic E-state index is 11.0. The van der Waals surface area contributed by atoms with Crippen LogP contribution in [0.1, 0.15) is 36.1 Å². The number of aliphatic hydroxyl groups excluding tert-OH is 2. The van der Waals surface area contributed by atoms with E-state index in [1.54, 1.807) is 29.0 Å². The van der Waals surface area contributed by atoms with Crippen molar-refractivity contribution in [1.29, 1.82) is 0 Å². The normalized spacial score (nSPS) is 28.8. The molecule has 1 fully saturated rings. The van der Waals surface area contributed by atoms with Crippen LogP contribution in [0.2, 0.25) is 5.02 Å². The lowest BCUT2D eigenvalue weighted by Crippen LogP contribution is -2.47. The zero-order valence-corrected chi connectivity index (χ0v) is 16.5. The van der Waals surface area contributed by atoms with Gasteiger partial charge in [-0.2, -0.15) is 0 Å².